The largest absolute Gasteiger partial charge is 0.507 e. The lowest BCUT2D eigenvalue weighted by molar-refractivity contribution is -0.385. The molecule has 3 aromatic rings. The average molecular weight is 420 g/mol. The van der Waals surface area contributed by atoms with Crippen LogP contribution in [0.5, 0.6) is 11.5 Å². The van der Waals surface area contributed by atoms with Gasteiger partial charge in [-0.1, -0.05) is 12.1 Å². The summed E-state index contributed by atoms with van der Waals surface area (Å²) in [6.07, 6.45) is -0.667. The van der Waals surface area contributed by atoms with Crippen molar-refractivity contribution < 1.29 is 29.8 Å². The van der Waals surface area contributed by atoms with Crippen molar-refractivity contribution in [3.8, 4) is 11.5 Å². The van der Waals surface area contributed by atoms with Gasteiger partial charge in [0.25, 0.3) is 5.69 Å². The van der Waals surface area contributed by atoms with Crippen LogP contribution in [-0.4, -0.2) is 31.8 Å². The van der Waals surface area contributed by atoms with Crippen molar-refractivity contribution in [3.05, 3.63) is 86.5 Å². The lowest BCUT2D eigenvalue weighted by atomic mass is 9.81. The summed E-state index contributed by atoms with van der Waals surface area (Å²) in [5.74, 6) is -2.83. The molecule has 0 spiro atoms. The number of phenolic OH excluding ortho intramolecular Hbond substituents is 2. The van der Waals surface area contributed by atoms with E-state index in [-0.39, 0.29) is 16.8 Å². The van der Waals surface area contributed by atoms with Crippen molar-refractivity contribution in [3.63, 3.8) is 0 Å². The Labute approximate surface area is 175 Å². The van der Waals surface area contributed by atoms with E-state index in [9.17, 15) is 35.0 Å². The number of phenols is 2. The normalized spacial score (nSPS) is 13.4. The van der Waals surface area contributed by atoms with Crippen LogP contribution in [0.4, 0.5) is 17.1 Å². The number of rotatable bonds is 4. The maximum Gasteiger partial charge on any atom is 0.281 e. The highest BCUT2D eigenvalue weighted by Gasteiger charge is 2.40. The Kier molecular flexibility index (Phi) is 4.67. The van der Waals surface area contributed by atoms with Gasteiger partial charge in [0.1, 0.15) is 17.1 Å². The number of aromatic hydroxyl groups is 2. The highest BCUT2D eigenvalue weighted by atomic mass is 16.6. The number of nitrogens with one attached hydrogen (secondary N) is 1. The standard InChI is InChI=1S/C22H16N2O7/c1-10(25)11-2-4-12(5-3-11)23-13-6-8-15(26)19-17(13)21(28)18-14(24(30)31)7-9-16(27)20(18)22(19)29/h2-10,23,25-27H,1H3. The van der Waals surface area contributed by atoms with E-state index in [0.717, 1.165) is 12.1 Å². The Morgan fingerprint density at radius 3 is 1.97 bits per heavy atom. The molecule has 9 nitrogen and oxygen atoms in total. The van der Waals surface area contributed by atoms with E-state index in [0.29, 0.717) is 11.3 Å². The summed E-state index contributed by atoms with van der Waals surface area (Å²) >= 11 is 0. The first-order valence-corrected chi connectivity index (χ1v) is 9.21. The molecule has 4 N–H and O–H groups in total. The molecule has 0 saturated heterocycles. The van der Waals surface area contributed by atoms with E-state index in [4.69, 9.17) is 0 Å². The number of aliphatic hydroxyl groups excluding tert-OH is 1. The van der Waals surface area contributed by atoms with Crippen LogP contribution < -0.4 is 5.32 Å². The summed E-state index contributed by atoms with van der Waals surface area (Å²) < 4.78 is 0. The first kappa shape index (κ1) is 20.0. The second-order valence-corrected chi connectivity index (χ2v) is 7.07. The Balaban J connectivity index is 1.89. The average Bonchev–Trinajstić information content (AvgIpc) is 2.73. The summed E-state index contributed by atoms with van der Waals surface area (Å²) in [5.41, 5.74) is -0.893. The molecule has 1 atom stereocenters. The zero-order valence-electron chi connectivity index (χ0n) is 16.1. The van der Waals surface area contributed by atoms with Gasteiger partial charge in [-0.3, -0.25) is 19.7 Å². The van der Waals surface area contributed by atoms with Gasteiger partial charge in [-0.2, -0.15) is 0 Å². The van der Waals surface area contributed by atoms with Gasteiger partial charge in [0.15, 0.2) is 0 Å². The third-order valence-electron chi connectivity index (χ3n) is 5.12. The predicted octanol–water partition coefficient (Wildman–Crippen LogP) is 3.58. The molecule has 0 saturated carbocycles. The van der Waals surface area contributed by atoms with Crippen LogP contribution in [0.1, 0.15) is 50.4 Å². The molecule has 0 radical (unpaired) electrons. The first-order valence-electron chi connectivity index (χ1n) is 9.21. The van der Waals surface area contributed by atoms with Crippen molar-refractivity contribution in [2.24, 2.45) is 0 Å². The minimum Gasteiger partial charge on any atom is -0.507 e. The molecule has 0 amide bonds. The van der Waals surface area contributed by atoms with E-state index in [1.54, 1.807) is 31.2 Å². The summed E-state index contributed by atoms with van der Waals surface area (Å²) in [4.78, 5) is 37.0. The molecule has 0 aromatic heterocycles. The quantitative estimate of drug-likeness (QED) is 0.222. The van der Waals surface area contributed by atoms with Crippen LogP contribution in [0.25, 0.3) is 0 Å². The number of carbonyl (C=O) groups excluding carboxylic acids is 2. The number of anilines is 2. The van der Waals surface area contributed by atoms with Crippen LogP contribution in [0.2, 0.25) is 0 Å². The third-order valence-corrected chi connectivity index (χ3v) is 5.12. The van der Waals surface area contributed by atoms with E-state index < -0.39 is 50.9 Å². The van der Waals surface area contributed by atoms with Crippen LogP contribution in [0, 0.1) is 10.1 Å². The minimum absolute atomic E-state index is 0.152. The summed E-state index contributed by atoms with van der Waals surface area (Å²) in [6, 6.07) is 11.2. The van der Waals surface area contributed by atoms with Gasteiger partial charge < -0.3 is 20.6 Å². The minimum atomic E-state index is -0.892. The highest BCUT2D eigenvalue weighted by Crippen LogP contribution is 2.43. The van der Waals surface area contributed by atoms with Gasteiger partial charge in [0.2, 0.25) is 11.6 Å². The number of carbonyl (C=O) groups is 2. The molecule has 1 unspecified atom stereocenters. The van der Waals surface area contributed by atoms with E-state index in [1.165, 1.54) is 12.1 Å². The van der Waals surface area contributed by atoms with Gasteiger partial charge in [-0.15, -0.1) is 0 Å². The van der Waals surface area contributed by atoms with Crippen molar-refractivity contribution in [2.75, 3.05) is 5.32 Å². The Morgan fingerprint density at radius 2 is 1.39 bits per heavy atom. The van der Waals surface area contributed by atoms with Crippen LogP contribution in [0.15, 0.2) is 48.5 Å². The number of fused-ring (bicyclic) bond motifs is 2. The Bertz CT molecular complexity index is 1260. The molecule has 0 heterocycles. The van der Waals surface area contributed by atoms with Gasteiger partial charge in [-0.25, -0.2) is 0 Å². The number of hydrogen-bond donors (Lipinski definition) is 4. The lowest BCUT2D eigenvalue weighted by Gasteiger charge is -2.22. The van der Waals surface area contributed by atoms with E-state index in [1.807, 2.05) is 0 Å². The molecule has 0 fully saturated rings. The van der Waals surface area contributed by atoms with Crippen molar-refractivity contribution in [2.45, 2.75) is 13.0 Å². The maximum absolute atomic E-state index is 13.3. The molecule has 1 aliphatic rings. The fourth-order valence-electron chi connectivity index (χ4n) is 3.60. The predicted molar refractivity (Wildman–Crippen MR) is 110 cm³/mol. The van der Waals surface area contributed by atoms with Crippen LogP contribution in [-0.2, 0) is 0 Å². The SMILES string of the molecule is CC(O)c1ccc(Nc2ccc(O)c3c2C(=O)c2c([N+](=O)[O-])ccc(O)c2C3=O)cc1. The molecule has 9 heteroatoms. The highest BCUT2D eigenvalue weighted by molar-refractivity contribution is 6.33. The zero-order valence-corrected chi connectivity index (χ0v) is 16.1. The smallest absolute Gasteiger partial charge is 0.281 e. The summed E-state index contributed by atoms with van der Waals surface area (Å²) in [7, 11) is 0. The third kappa shape index (κ3) is 3.17. The lowest BCUT2D eigenvalue weighted by Crippen LogP contribution is -2.23. The van der Waals surface area contributed by atoms with Gasteiger partial charge in [-0.05, 0) is 42.8 Å². The Morgan fingerprint density at radius 1 is 0.839 bits per heavy atom. The topological polar surface area (TPSA) is 150 Å². The summed E-state index contributed by atoms with van der Waals surface area (Å²) in [5, 5.41) is 44.5. The number of nitro benzene ring substituents is 1. The second kappa shape index (κ2) is 7.22. The first-order chi connectivity index (χ1) is 14.7. The number of ketones is 2. The van der Waals surface area contributed by atoms with E-state index in [2.05, 4.69) is 5.32 Å². The molecule has 31 heavy (non-hydrogen) atoms. The molecular formula is C22H16N2O7. The molecule has 156 valence electrons. The molecular weight excluding hydrogens is 404 g/mol. The van der Waals surface area contributed by atoms with Crippen molar-refractivity contribution in [1.29, 1.82) is 0 Å². The molecule has 3 aromatic carbocycles. The number of hydrogen-bond acceptors (Lipinski definition) is 8. The summed E-state index contributed by atoms with van der Waals surface area (Å²) in [6.45, 7) is 1.61. The molecule has 0 bridgehead atoms. The Hall–Kier alpha value is -4.24. The second-order valence-electron chi connectivity index (χ2n) is 7.07. The molecule has 0 aliphatic heterocycles. The number of aliphatic hydroxyl groups is 1. The fourth-order valence-corrected chi connectivity index (χ4v) is 3.60. The van der Waals surface area contributed by atoms with Crippen molar-refractivity contribution in [1.82, 2.24) is 0 Å². The van der Waals surface area contributed by atoms with E-state index >= 15 is 0 Å². The van der Waals surface area contributed by atoms with Crippen LogP contribution >= 0.6 is 0 Å². The van der Waals surface area contributed by atoms with Gasteiger partial charge >= 0.3 is 0 Å². The number of nitro groups is 1. The van der Waals surface area contributed by atoms with Crippen LogP contribution in [0.3, 0.4) is 0 Å². The number of nitrogens with zero attached hydrogens (tertiary/aromatic N) is 1. The zero-order chi connectivity index (χ0) is 22.4. The van der Waals surface area contributed by atoms with Gasteiger partial charge in [0.05, 0.1) is 33.4 Å². The van der Waals surface area contributed by atoms with Crippen molar-refractivity contribution >= 4 is 28.6 Å². The molecule has 1 aliphatic carbocycles. The van der Waals surface area contributed by atoms with Gasteiger partial charge in [0, 0.05) is 11.8 Å². The molecule has 4 rings (SSSR count). The fraction of sp³-hybridized carbons (Fsp3) is 0.0909. The maximum atomic E-state index is 13.3. The number of benzene rings is 3. The monoisotopic (exact) mass is 420 g/mol.